The van der Waals surface area contributed by atoms with Crippen LogP contribution >= 0.6 is 11.8 Å². The number of rotatable bonds is 7. The maximum absolute atomic E-state index is 12.2. The Hall–Kier alpha value is -2.03. The third kappa shape index (κ3) is 5.40. The van der Waals surface area contributed by atoms with E-state index in [2.05, 4.69) is 19.4 Å². The summed E-state index contributed by atoms with van der Waals surface area (Å²) in [6.07, 6.45) is 0. The summed E-state index contributed by atoms with van der Waals surface area (Å²) >= 11 is 1.08. The van der Waals surface area contributed by atoms with E-state index in [1.165, 1.54) is 0 Å². The van der Waals surface area contributed by atoms with E-state index in [0.717, 1.165) is 23.4 Å². The minimum absolute atomic E-state index is 0.00217. The van der Waals surface area contributed by atoms with Gasteiger partial charge in [-0.2, -0.15) is 27.5 Å². The number of thioether (sulfide) groups is 1. The van der Waals surface area contributed by atoms with Gasteiger partial charge in [-0.1, -0.05) is 42.1 Å². The molecule has 0 radical (unpaired) electrons. The largest absolute Gasteiger partial charge is 0.417 e. The molecule has 4 nitrogen and oxygen atoms in total. The smallest absolute Gasteiger partial charge is 0.388 e. The SMILES string of the molecule is FC(F)Oc1cc(OC(F)F)nc(SCc2ccccc2)n1. The van der Waals surface area contributed by atoms with E-state index >= 15 is 0 Å². The molecule has 0 aliphatic rings. The number of ether oxygens (including phenoxy) is 2. The lowest BCUT2D eigenvalue weighted by Crippen LogP contribution is -2.08. The molecule has 0 N–H and O–H groups in total. The van der Waals surface area contributed by atoms with E-state index in [-0.39, 0.29) is 5.16 Å². The number of hydrogen-bond donors (Lipinski definition) is 0. The summed E-state index contributed by atoms with van der Waals surface area (Å²) in [5.74, 6) is -0.625. The third-order valence-corrected chi connectivity index (χ3v) is 3.21. The summed E-state index contributed by atoms with van der Waals surface area (Å²) in [5, 5.41) is -0.00217. The number of benzene rings is 1. The van der Waals surface area contributed by atoms with E-state index in [0.29, 0.717) is 5.75 Å². The van der Waals surface area contributed by atoms with Crippen LogP contribution in [0.15, 0.2) is 41.6 Å². The standard InChI is InChI=1S/C13H10F4N2O2S/c14-11(15)20-9-6-10(21-12(16)17)19-13(18-9)22-7-8-4-2-1-3-5-8/h1-6,11-12H,7H2. The number of hydrogen-bond acceptors (Lipinski definition) is 5. The van der Waals surface area contributed by atoms with E-state index in [4.69, 9.17) is 0 Å². The maximum Gasteiger partial charge on any atom is 0.388 e. The van der Waals surface area contributed by atoms with Crippen molar-refractivity contribution in [2.45, 2.75) is 24.1 Å². The van der Waals surface area contributed by atoms with E-state index < -0.39 is 25.0 Å². The Morgan fingerprint density at radius 2 is 1.45 bits per heavy atom. The zero-order valence-corrected chi connectivity index (χ0v) is 11.8. The highest BCUT2D eigenvalue weighted by atomic mass is 32.2. The van der Waals surface area contributed by atoms with Crippen LogP contribution in [0.1, 0.15) is 5.56 Å². The van der Waals surface area contributed by atoms with Gasteiger partial charge < -0.3 is 9.47 Å². The Labute approximate surface area is 127 Å². The Balaban J connectivity index is 2.13. The summed E-state index contributed by atoms with van der Waals surface area (Å²) in [5.41, 5.74) is 0.938. The van der Waals surface area contributed by atoms with Crippen molar-refractivity contribution < 1.29 is 27.0 Å². The van der Waals surface area contributed by atoms with E-state index in [1.807, 2.05) is 30.3 Å². The number of alkyl halides is 4. The Morgan fingerprint density at radius 1 is 0.909 bits per heavy atom. The molecule has 22 heavy (non-hydrogen) atoms. The first-order valence-electron chi connectivity index (χ1n) is 5.98. The van der Waals surface area contributed by atoms with E-state index in [9.17, 15) is 17.6 Å². The van der Waals surface area contributed by atoms with Crippen LogP contribution in [-0.2, 0) is 5.75 Å². The minimum atomic E-state index is -3.12. The molecule has 1 aromatic carbocycles. The topological polar surface area (TPSA) is 44.2 Å². The van der Waals surface area contributed by atoms with Gasteiger partial charge in [0.1, 0.15) is 0 Å². The Kier molecular flexibility index (Phi) is 5.82. The van der Waals surface area contributed by atoms with Gasteiger partial charge in [-0.15, -0.1) is 0 Å². The van der Waals surface area contributed by atoms with Crippen LogP contribution < -0.4 is 9.47 Å². The van der Waals surface area contributed by atoms with Crippen LogP contribution in [0.3, 0.4) is 0 Å². The second-order valence-electron chi connectivity index (χ2n) is 3.86. The van der Waals surface area contributed by atoms with Crippen molar-refractivity contribution in [3.05, 3.63) is 42.0 Å². The van der Waals surface area contributed by atoms with Gasteiger partial charge in [0.2, 0.25) is 11.8 Å². The quantitative estimate of drug-likeness (QED) is 0.435. The molecule has 0 spiro atoms. The van der Waals surface area contributed by atoms with Crippen LogP contribution in [0.25, 0.3) is 0 Å². The summed E-state index contributed by atoms with van der Waals surface area (Å²) < 4.78 is 57.1. The second kappa shape index (κ2) is 7.83. The monoisotopic (exact) mass is 334 g/mol. The molecule has 0 bridgehead atoms. The van der Waals surface area contributed by atoms with Gasteiger partial charge in [0, 0.05) is 5.75 Å². The average Bonchev–Trinajstić information content (AvgIpc) is 2.44. The first kappa shape index (κ1) is 16.3. The second-order valence-corrected chi connectivity index (χ2v) is 4.80. The summed E-state index contributed by atoms with van der Waals surface area (Å²) in [6, 6.07) is 9.99. The summed E-state index contributed by atoms with van der Waals surface area (Å²) in [6.45, 7) is -6.25. The Bertz CT molecular complexity index is 574. The molecule has 0 fully saturated rings. The normalized spacial score (nSPS) is 11.0. The summed E-state index contributed by atoms with van der Waals surface area (Å²) in [4.78, 5) is 7.44. The molecule has 9 heteroatoms. The number of halogens is 4. The zero-order chi connectivity index (χ0) is 15.9. The molecule has 1 heterocycles. The van der Waals surface area contributed by atoms with Crippen LogP contribution in [0.5, 0.6) is 11.8 Å². The average molecular weight is 334 g/mol. The molecule has 118 valence electrons. The number of nitrogens with zero attached hydrogens (tertiary/aromatic N) is 2. The molecule has 0 unspecified atom stereocenters. The molecule has 0 saturated carbocycles. The fraction of sp³-hybridized carbons (Fsp3) is 0.231. The van der Waals surface area contributed by atoms with Crippen LogP contribution in [0, 0.1) is 0 Å². The van der Waals surface area contributed by atoms with Crippen molar-refractivity contribution in [2.24, 2.45) is 0 Å². The van der Waals surface area contributed by atoms with Crippen molar-refractivity contribution in [1.29, 1.82) is 0 Å². The van der Waals surface area contributed by atoms with E-state index in [1.54, 1.807) is 0 Å². The molecule has 1 aromatic heterocycles. The van der Waals surface area contributed by atoms with Crippen molar-refractivity contribution in [3.63, 3.8) is 0 Å². The van der Waals surface area contributed by atoms with Gasteiger partial charge in [0.15, 0.2) is 5.16 Å². The molecular formula is C13H10F4N2O2S. The van der Waals surface area contributed by atoms with Crippen molar-refractivity contribution >= 4 is 11.8 Å². The number of aromatic nitrogens is 2. The lowest BCUT2D eigenvalue weighted by molar-refractivity contribution is -0.0589. The first-order chi connectivity index (χ1) is 10.5. The molecule has 0 saturated heterocycles. The molecule has 0 aliphatic heterocycles. The molecule has 2 rings (SSSR count). The Morgan fingerprint density at radius 3 is 1.95 bits per heavy atom. The highest BCUT2D eigenvalue weighted by molar-refractivity contribution is 7.98. The van der Waals surface area contributed by atoms with Gasteiger partial charge >= 0.3 is 13.2 Å². The molecule has 0 atom stereocenters. The van der Waals surface area contributed by atoms with Crippen molar-refractivity contribution in [3.8, 4) is 11.8 Å². The van der Waals surface area contributed by atoms with Crippen LogP contribution in [-0.4, -0.2) is 23.2 Å². The molecule has 2 aromatic rings. The van der Waals surface area contributed by atoms with Crippen molar-refractivity contribution in [2.75, 3.05) is 0 Å². The summed E-state index contributed by atoms with van der Waals surface area (Å²) in [7, 11) is 0. The maximum atomic E-state index is 12.2. The fourth-order valence-electron chi connectivity index (χ4n) is 1.47. The third-order valence-electron chi connectivity index (χ3n) is 2.29. The lowest BCUT2D eigenvalue weighted by Gasteiger charge is -2.09. The highest BCUT2D eigenvalue weighted by Crippen LogP contribution is 2.26. The highest BCUT2D eigenvalue weighted by Gasteiger charge is 2.14. The van der Waals surface area contributed by atoms with Gasteiger partial charge in [-0.3, -0.25) is 0 Å². The fourth-order valence-corrected chi connectivity index (χ4v) is 2.27. The van der Waals surface area contributed by atoms with Gasteiger partial charge in [-0.05, 0) is 5.56 Å². The van der Waals surface area contributed by atoms with Gasteiger partial charge in [0.05, 0.1) is 6.07 Å². The van der Waals surface area contributed by atoms with Crippen molar-refractivity contribution in [1.82, 2.24) is 9.97 Å². The molecule has 0 aliphatic carbocycles. The predicted octanol–water partition coefficient (Wildman–Crippen LogP) is 3.97. The first-order valence-corrected chi connectivity index (χ1v) is 6.97. The van der Waals surface area contributed by atoms with Crippen LogP contribution in [0.4, 0.5) is 17.6 Å². The van der Waals surface area contributed by atoms with Gasteiger partial charge in [-0.25, -0.2) is 0 Å². The molecular weight excluding hydrogens is 324 g/mol. The minimum Gasteiger partial charge on any atom is -0.417 e. The predicted molar refractivity (Wildman–Crippen MR) is 71.3 cm³/mol. The zero-order valence-electron chi connectivity index (χ0n) is 11.0. The lowest BCUT2D eigenvalue weighted by atomic mass is 10.2. The van der Waals surface area contributed by atoms with Crippen LogP contribution in [0.2, 0.25) is 0 Å². The van der Waals surface area contributed by atoms with Gasteiger partial charge in [0.25, 0.3) is 0 Å². The molecule has 0 amide bonds.